The third kappa shape index (κ3) is 3.15. The minimum absolute atomic E-state index is 0.0626. The van der Waals surface area contributed by atoms with Crippen molar-refractivity contribution in [3.05, 3.63) is 85.5 Å². The molecule has 6 rings (SSSR count). The Morgan fingerprint density at radius 1 is 1.12 bits per heavy atom. The normalized spacial score (nSPS) is 23.0. The van der Waals surface area contributed by atoms with Crippen LogP contribution < -0.4 is 10.5 Å². The van der Waals surface area contributed by atoms with Crippen LogP contribution in [0.25, 0.3) is 16.8 Å². The molecular weight excluding hydrogens is 426 g/mol. The molecule has 2 aromatic carbocycles. The number of rotatable bonds is 5. The quantitative estimate of drug-likeness (QED) is 0.438. The van der Waals surface area contributed by atoms with Crippen LogP contribution in [0.3, 0.4) is 0 Å². The number of para-hydroxylation sites is 1. The Balaban J connectivity index is 1.42. The van der Waals surface area contributed by atoms with Crippen LogP contribution in [0, 0.1) is 11.8 Å². The molecule has 4 atom stereocenters. The molecule has 2 fully saturated rings. The van der Waals surface area contributed by atoms with Gasteiger partial charge >= 0.3 is 0 Å². The van der Waals surface area contributed by atoms with Crippen molar-refractivity contribution in [2.45, 2.75) is 25.4 Å². The summed E-state index contributed by atoms with van der Waals surface area (Å²) in [5, 5.41) is 0. The number of piperidine rings is 1. The number of carbonyl (C=O) groups excluding carboxylic acids is 1. The maximum atomic E-state index is 12.8. The fourth-order valence-corrected chi connectivity index (χ4v) is 5.38. The van der Waals surface area contributed by atoms with Gasteiger partial charge in [-0.15, -0.1) is 0 Å². The summed E-state index contributed by atoms with van der Waals surface area (Å²) in [6, 6.07) is 17.5. The molecular formula is C27H25N5O2. The van der Waals surface area contributed by atoms with Gasteiger partial charge < -0.3 is 15.4 Å². The van der Waals surface area contributed by atoms with E-state index < -0.39 is 0 Å². The zero-order valence-electron chi connectivity index (χ0n) is 18.8. The van der Waals surface area contributed by atoms with Crippen molar-refractivity contribution < 1.29 is 9.53 Å². The second kappa shape index (κ2) is 7.73. The lowest BCUT2D eigenvalue weighted by Crippen LogP contribution is -2.38. The van der Waals surface area contributed by atoms with Crippen LogP contribution in [0.15, 0.2) is 79.6 Å². The number of aromatic nitrogens is 3. The van der Waals surface area contributed by atoms with Crippen molar-refractivity contribution in [1.82, 2.24) is 19.3 Å². The predicted octanol–water partition coefficient (Wildman–Crippen LogP) is 4.86. The number of benzene rings is 2. The molecule has 170 valence electrons. The molecule has 1 aliphatic carbocycles. The molecule has 1 unspecified atom stereocenters. The van der Waals surface area contributed by atoms with Crippen LogP contribution in [0.5, 0.6) is 11.5 Å². The first kappa shape index (κ1) is 20.5. The molecule has 0 radical (unpaired) electrons. The van der Waals surface area contributed by atoms with E-state index in [2.05, 4.69) is 18.5 Å². The molecule has 1 saturated carbocycles. The number of nitrogens with two attached hydrogens (primary N) is 1. The molecule has 3 heterocycles. The van der Waals surface area contributed by atoms with Gasteiger partial charge in [0.1, 0.15) is 34.4 Å². The fraction of sp³-hybridized carbons (Fsp3) is 0.222. The average Bonchev–Trinajstić information content (AvgIpc) is 3.47. The van der Waals surface area contributed by atoms with E-state index in [1.54, 1.807) is 6.20 Å². The van der Waals surface area contributed by atoms with Gasteiger partial charge in [0, 0.05) is 24.0 Å². The van der Waals surface area contributed by atoms with Crippen molar-refractivity contribution in [3.63, 3.8) is 0 Å². The summed E-state index contributed by atoms with van der Waals surface area (Å²) in [5.41, 5.74) is 8.74. The highest BCUT2D eigenvalue weighted by molar-refractivity contribution is 5.89. The van der Waals surface area contributed by atoms with E-state index in [4.69, 9.17) is 15.5 Å². The van der Waals surface area contributed by atoms with Gasteiger partial charge in [-0.25, -0.2) is 9.97 Å². The van der Waals surface area contributed by atoms with Gasteiger partial charge in [-0.2, -0.15) is 0 Å². The minimum Gasteiger partial charge on any atom is -0.457 e. The molecule has 34 heavy (non-hydrogen) atoms. The first-order valence-electron chi connectivity index (χ1n) is 11.5. The van der Waals surface area contributed by atoms with E-state index in [1.165, 1.54) is 6.08 Å². The first-order valence-corrected chi connectivity index (χ1v) is 11.5. The number of nitrogens with zero attached hydrogens (tertiary/aromatic N) is 4. The molecule has 0 bridgehead atoms. The molecule has 7 heteroatoms. The summed E-state index contributed by atoms with van der Waals surface area (Å²) in [4.78, 5) is 24.1. The fourth-order valence-electron chi connectivity index (χ4n) is 5.38. The molecule has 2 N–H and O–H groups in total. The summed E-state index contributed by atoms with van der Waals surface area (Å²) in [6.45, 7) is 5.83. The Hall–Kier alpha value is -4.13. The SMILES string of the molecule is C=CC(=O)N1[C@H](c2nc(-c3ccc(Oc4ccccc4)cc3)c3c(N)nccn23)[C@H]2CC2[C@@H]1C. The second-order valence-electron chi connectivity index (χ2n) is 8.99. The maximum absolute atomic E-state index is 12.8. The lowest BCUT2D eigenvalue weighted by Gasteiger charge is -2.30. The van der Waals surface area contributed by atoms with Crippen LogP contribution >= 0.6 is 0 Å². The molecule has 2 aromatic heterocycles. The summed E-state index contributed by atoms with van der Waals surface area (Å²) in [5.74, 6) is 3.56. The topological polar surface area (TPSA) is 85.8 Å². The molecule has 7 nitrogen and oxygen atoms in total. The van der Waals surface area contributed by atoms with Crippen molar-refractivity contribution in [1.29, 1.82) is 0 Å². The number of hydrogen-bond acceptors (Lipinski definition) is 5. The molecule has 1 aliphatic heterocycles. The first-order chi connectivity index (χ1) is 16.6. The summed E-state index contributed by atoms with van der Waals surface area (Å²) in [6.07, 6.45) is 6.05. The van der Waals surface area contributed by atoms with Crippen LogP contribution in [-0.4, -0.2) is 31.2 Å². The van der Waals surface area contributed by atoms with E-state index in [-0.39, 0.29) is 18.0 Å². The number of amides is 1. The van der Waals surface area contributed by atoms with Crippen LogP contribution in [0.2, 0.25) is 0 Å². The van der Waals surface area contributed by atoms with Crippen LogP contribution in [-0.2, 0) is 4.79 Å². The van der Waals surface area contributed by atoms with Crippen molar-refractivity contribution >= 4 is 17.2 Å². The zero-order chi connectivity index (χ0) is 23.4. The Bertz CT molecular complexity index is 1400. The highest BCUT2D eigenvalue weighted by Crippen LogP contribution is 2.60. The Morgan fingerprint density at radius 3 is 2.59 bits per heavy atom. The highest BCUT2D eigenvalue weighted by Gasteiger charge is 2.59. The van der Waals surface area contributed by atoms with E-state index in [9.17, 15) is 4.79 Å². The zero-order valence-corrected chi connectivity index (χ0v) is 18.8. The number of fused-ring (bicyclic) bond motifs is 2. The lowest BCUT2D eigenvalue weighted by molar-refractivity contribution is -0.129. The van der Waals surface area contributed by atoms with Crippen molar-refractivity contribution in [3.8, 4) is 22.8 Å². The Labute approximate surface area is 197 Å². The number of nitrogen functional groups attached to an aromatic ring is 1. The van der Waals surface area contributed by atoms with Gasteiger partial charge in [-0.05, 0) is 67.7 Å². The molecule has 2 aliphatic rings. The average molecular weight is 452 g/mol. The summed E-state index contributed by atoms with van der Waals surface area (Å²) >= 11 is 0. The predicted molar refractivity (Wildman–Crippen MR) is 130 cm³/mol. The van der Waals surface area contributed by atoms with Gasteiger partial charge in [0.25, 0.3) is 0 Å². The van der Waals surface area contributed by atoms with Gasteiger partial charge in [0.15, 0.2) is 0 Å². The Kier molecular flexibility index (Phi) is 4.65. The molecule has 4 aromatic rings. The number of anilines is 1. The van der Waals surface area contributed by atoms with Gasteiger partial charge in [0.2, 0.25) is 5.91 Å². The van der Waals surface area contributed by atoms with Gasteiger partial charge in [-0.3, -0.25) is 9.20 Å². The summed E-state index contributed by atoms with van der Waals surface area (Å²) in [7, 11) is 0. The number of hydrogen-bond donors (Lipinski definition) is 1. The molecule has 0 spiro atoms. The van der Waals surface area contributed by atoms with Gasteiger partial charge in [-0.1, -0.05) is 24.8 Å². The standard InChI is InChI=1S/C27H25N5O2/c1-3-22(33)32-16(2)20-15-21(20)24(32)27-30-23(25-26(28)29-13-14-31(25)27)17-9-11-19(12-10-17)34-18-7-5-4-6-8-18/h3-14,16,20-21,24H,1,15H2,2H3,(H2,28,29)/t16-,20?,21-,24-/m0/s1. The van der Waals surface area contributed by atoms with E-state index >= 15 is 0 Å². The van der Waals surface area contributed by atoms with E-state index in [0.717, 1.165) is 40.5 Å². The number of ether oxygens (including phenoxy) is 1. The minimum atomic E-state index is -0.116. The monoisotopic (exact) mass is 451 g/mol. The van der Waals surface area contributed by atoms with E-state index in [1.807, 2.05) is 70.1 Å². The van der Waals surface area contributed by atoms with Crippen LogP contribution in [0.4, 0.5) is 5.82 Å². The van der Waals surface area contributed by atoms with Crippen LogP contribution in [0.1, 0.15) is 25.2 Å². The van der Waals surface area contributed by atoms with Crippen molar-refractivity contribution in [2.24, 2.45) is 11.8 Å². The lowest BCUT2D eigenvalue weighted by atomic mass is 10.1. The summed E-state index contributed by atoms with van der Waals surface area (Å²) < 4.78 is 7.93. The smallest absolute Gasteiger partial charge is 0.246 e. The molecule has 1 amide bonds. The highest BCUT2D eigenvalue weighted by atomic mass is 16.5. The number of likely N-dealkylation sites (tertiary alicyclic amines) is 1. The second-order valence-corrected chi connectivity index (χ2v) is 8.99. The van der Waals surface area contributed by atoms with E-state index in [0.29, 0.717) is 17.7 Å². The Morgan fingerprint density at radius 2 is 1.85 bits per heavy atom. The third-order valence-corrected chi connectivity index (χ3v) is 7.07. The maximum Gasteiger partial charge on any atom is 0.246 e. The molecule has 1 saturated heterocycles. The van der Waals surface area contributed by atoms with Gasteiger partial charge in [0.05, 0.1) is 6.04 Å². The third-order valence-electron chi connectivity index (χ3n) is 7.07. The number of imidazole rings is 1. The van der Waals surface area contributed by atoms with Crippen molar-refractivity contribution in [2.75, 3.05) is 5.73 Å². The number of carbonyl (C=O) groups is 1. The largest absolute Gasteiger partial charge is 0.457 e.